The number of hydrogen-bond donors (Lipinski definition) is 1. The van der Waals surface area contributed by atoms with E-state index >= 15 is 0 Å². The van der Waals surface area contributed by atoms with Crippen LogP contribution in [0.25, 0.3) is 0 Å². The van der Waals surface area contributed by atoms with E-state index in [1.165, 1.54) is 0 Å². The standard InChI is InChI=1S/C13H26N2O/c1-10(2)13(5)7-8-15(9-13)11(16)12(3,4)14-6/h10,14H,7-9H2,1-6H3/t13-/m0/s1. The Kier molecular flexibility index (Phi) is 3.68. The topological polar surface area (TPSA) is 32.3 Å². The molecule has 94 valence electrons. The van der Waals surface area contributed by atoms with Crippen LogP contribution in [-0.4, -0.2) is 36.5 Å². The van der Waals surface area contributed by atoms with Gasteiger partial charge in [-0.3, -0.25) is 4.79 Å². The minimum atomic E-state index is -0.442. The van der Waals surface area contributed by atoms with E-state index in [1.807, 2.05) is 25.8 Å². The lowest BCUT2D eigenvalue weighted by molar-refractivity contribution is -0.136. The monoisotopic (exact) mass is 226 g/mol. The summed E-state index contributed by atoms with van der Waals surface area (Å²) in [4.78, 5) is 14.3. The molecule has 0 saturated carbocycles. The molecule has 1 amide bonds. The number of carbonyl (C=O) groups is 1. The van der Waals surface area contributed by atoms with Gasteiger partial charge in [0.25, 0.3) is 0 Å². The van der Waals surface area contributed by atoms with Gasteiger partial charge in [0.05, 0.1) is 5.54 Å². The van der Waals surface area contributed by atoms with E-state index in [-0.39, 0.29) is 5.91 Å². The number of hydrogen-bond acceptors (Lipinski definition) is 2. The van der Waals surface area contributed by atoms with E-state index in [4.69, 9.17) is 0 Å². The number of carbonyl (C=O) groups excluding carboxylic acids is 1. The van der Waals surface area contributed by atoms with Crippen LogP contribution in [0.5, 0.6) is 0 Å². The zero-order chi connectivity index (χ0) is 12.6. The van der Waals surface area contributed by atoms with Crippen molar-refractivity contribution in [1.82, 2.24) is 10.2 Å². The molecule has 0 radical (unpaired) electrons. The highest BCUT2D eigenvalue weighted by Gasteiger charge is 2.41. The molecule has 3 heteroatoms. The summed E-state index contributed by atoms with van der Waals surface area (Å²) in [6, 6.07) is 0. The predicted molar refractivity (Wildman–Crippen MR) is 67.3 cm³/mol. The number of nitrogens with zero attached hydrogens (tertiary/aromatic N) is 1. The molecule has 0 spiro atoms. The van der Waals surface area contributed by atoms with Gasteiger partial charge in [0.2, 0.25) is 5.91 Å². The Morgan fingerprint density at radius 3 is 2.38 bits per heavy atom. The van der Waals surface area contributed by atoms with Crippen LogP contribution in [0.15, 0.2) is 0 Å². The number of likely N-dealkylation sites (N-methyl/N-ethyl adjacent to an activating group) is 1. The minimum absolute atomic E-state index is 0.222. The van der Waals surface area contributed by atoms with Crippen molar-refractivity contribution in [2.75, 3.05) is 20.1 Å². The Morgan fingerprint density at radius 2 is 2.00 bits per heavy atom. The van der Waals surface area contributed by atoms with Crippen molar-refractivity contribution in [1.29, 1.82) is 0 Å². The molecule has 0 aromatic heterocycles. The maximum Gasteiger partial charge on any atom is 0.242 e. The second-order valence-electron chi connectivity index (χ2n) is 6.16. The van der Waals surface area contributed by atoms with Crippen molar-refractivity contribution in [2.24, 2.45) is 11.3 Å². The molecule has 0 aromatic carbocycles. The largest absolute Gasteiger partial charge is 0.341 e. The highest BCUT2D eigenvalue weighted by Crippen LogP contribution is 2.37. The molecule has 1 atom stereocenters. The summed E-state index contributed by atoms with van der Waals surface area (Å²) in [5, 5.41) is 3.08. The van der Waals surface area contributed by atoms with Gasteiger partial charge in [-0.1, -0.05) is 20.8 Å². The van der Waals surface area contributed by atoms with Crippen molar-refractivity contribution >= 4 is 5.91 Å². The minimum Gasteiger partial charge on any atom is -0.341 e. The molecule has 1 N–H and O–H groups in total. The van der Waals surface area contributed by atoms with Gasteiger partial charge in [0.1, 0.15) is 0 Å². The third-order valence-electron chi connectivity index (χ3n) is 4.35. The molecule has 0 aliphatic carbocycles. The Balaban J connectivity index is 2.71. The number of amides is 1. The predicted octanol–water partition coefficient (Wildman–Crippen LogP) is 1.88. The van der Waals surface area contributed by atoms with E-state index in [2.05, 4.69) is 26.1 Å². The van der Waals surface area contributed by atoms with Crippen LogP contribution in [0.1, 0.15) is 41.0 Å². The molecule has 1 aliphatic rings. The first-order chi connectivity index (χ1) is 7.23. The molecule has 1 saturated heterocycles. The molecule has 0 unspecified atom stereocenters. The summed E-state index contributed by atoms with van der Waals surface area (Å²) in [5.74, 6) is 0.849. The smallest absolute Gasteiger partial charge is 0.242 e. The lowest BCUT2D eigenvalue weighted by Gasteiger charge is -2.32. The summed E-state index contributed by atoms with van der Waals surface area (Å²) in [6.07, 6.45) is 1.12. The van der Waals surface area contributed by atoms with Gasteiger partial charge in [0, 0.05) is 13.1 Å². The Labute approximate surface area is 99.6 Å². The maximum absolute atomic E-state index is 12.3. The Morgan fingerprint density at radius 1 is 1.44 bits per heavy atom. The van der Waals surface area contributed by atoms with E-state index < -0.39 is 5.54 Å². The fourth-order valence-corrected chi connectivity index (χ4v) is 2.13. The summed E-state index contributed by atoms with van der Waals surface area (Å²) in [7, 11) is 1.84. The van der Waals surface area contributed by atoms with Crippen LogP contribution in [0.3, 0.4) is 0 Å². The quantitative estimate of drug-likeness (QED) is 0.797. The van der Waals surface area contributed by atoms with Crippen molar-refractivity contribution in [3.05, 3.63) is 0 Å². The third-order valence-corrected chi connectivity index (χ3v) is 4.35. The molecule has 16 heavy (non-hydrogen) atoms. The van der Waals surface area contributed by atoms with Crippen molar-refractivity contribution in [2.45, 2.75) is 46.6 Å². The second kappa shape index (κ2) is 4.36. The van der Waals surface area contributed by atoms with Gasteiger partial charge < -0.3 is 10.2 Å². The first-order valence-corrected chi connectivity index (χ1v) is 6.21. The highest BCUT2D eigenvalue weighted by molar-refractivity contribution is 5.85. The first kappa shape index (κ1) is 13.5. The van der Waals surface area contributed by atoms with Crippen LogP contribution in [0.4, 0.5) is 0 Å². The fraction of sp³-hybridized carbons (Fsp3) is 0.923. The van der Waals surface area contributed by atoms with E-state index in [1.54, 1.807) is 0 Å². The van der Waals surface area contributed by atoms with Crippen LogP contribution < -0.4 is 5.32 Å². The number of nitrogens with one attached hydrogen (secondary N) is 1. The summed E-state index contributed by atoms with van der Waals surface area (Å²) in [5.41, 5.74) is -0.151. The lowest BCUT2D eigenvalue weighted by atomic mass is 9.78. The zero-order valence-electron chi connectivity index (χ0n) is 11.6. The number of rotatable bonds is 3. The van der Waals surface area contributed by atoms with Crippen molar-refractivity contribution in [3.8, 4) is 0 Å². The Hall–Kier alpha value is -0.570. The molecule has 1 fully saturated rings. The van der Waals surface area contributed by atoms with Crippen LogP contribution >= 0.6 is 0 Å². The second-order valence-corrected chi connectivity index (χ2v) is 6.16. The molecule has 0 bridgehead atoms. The summed E-state index contributed by atoms with van der Waals surface area (Å²) in [6.45, 7) is 12.5. The van der Waals surface area contributed by atoms with Crippen molar-refractivity contribution in [3.63, 3.8) is 0 Å². The van der Waals surface area contributed by atoms with Gasteiger partial charge in [-0.15, -0.1) is 0 Å². The van der Waals surface area contributed by atoms with Crippen LogP contribution in [0.2, 0.25) is 0 Å². The zero-order valence-corrected chi connectivity index (χ0v) is 11.6. The first-order valence-electron chi connectivity index (χ1n) is 6.21. The molecule has 0 aromatic rings. The number of likely N-dealkylation sites (tertiary alicyclic amines) is 1. The maximum atomic E-state index is 12.3. The van der Waals surface area contributed by atoms with E-state index in [0.29, 0.717) is 11.3 Å². The van der Waals surface area contributed by atoms with Crippen LogP contribution in [-0.2, 0) is 4.79 Å². The summed E-state index contributed by atoms with van der Waals surface area (Å²) >= 11 is 0. The van der Waals surface area contributed by atoms with Gasteiger partial charge in [0.15, 0.2) is 0 Å². The van der Waals surface area contributed by atoms with Gasteiger partial charge in [-0.25, -0.2) is 0 Å². The normalized spacial score (nSPS) is 26.6. The molecule has 1 heterocycles. The van der Waals surface area contributed by atoms with E-state index in [0.717, 1.165) is 19.5 Å². The van der Waals surface area contributed by atoms with Gasteiger partial charge in [-0.2, -0.15) is 0 Å². The van der Waals surface area contributed by atoms with Crippen LogP contribution in [0, 0.1) is 11.3 Å². The SMILES string of the molecule is CNC(C)(C)C(=O)N1CC[C@](C)(C(C)C)C1. The van der Waals surface area contributed by atoms with E-state index in [9.17, 15) is 4.79 Å². The molecule has 1 rings (SSSR count). The van der Waals surface area contributed by atoms with Gasteiger partial charge >= 0.3 is 0 Å². The molecule has 1 aliphatic heterocycles. The third kappa shape index (κ3) is 2.40. The average Bonchev–Trinajstić information content (AvgIpc) is 2.61. The Bertz CT molecular complexity index is 273. The van der Waals surface area contributed by atoms with Crippen molar-refractivity contribution < 1.29 is 4.79 Å². The lowest BCUT2D eigenvalue weighted by Crippen LogP contribution is -2.52. The molecular weight excluding hydrogens is 200 g/mol. The fourth-order valence-electron chi connectivity index (χ4n) is 2.13. The molecule has 3 nitrogen and oxygen atoms in total. The summed E-state index contributed by atoms with van der Waals surface area (Å²) < 4.78 is 0. The highest BCUT2D eigenvalue weighted by atomic mass is 16.2. The average molecular weight is 226 g/mol. The molecular formula is C13H26N2O. The van der Waals surface area contributed by atoms with Gasteiger partial charge in [-0.05, 0) is 38.6 Å².